The molecule has 0 spiro atoms. The molecule has 1 saturated heterocycles. The van der Waals surface area contributed by atoms with Gasteiger partial charge >= 0.3 is 36.8 Å². The van der Waals surface area contributed by atoms with Gasteiger partial charge in [-0.1, -0.05) is 12.2 Å². The number of fused-ring (bicyclic) bond motifs is 2. The van der Waals surface area contributed by atoms with E-state index >= 15 is 0 Å². The SMILES string of the molecule is COC(=O)[C@H]1C[C@]2(C)C=C[C@@]1(C)N2.N.N.N.N.N.O=S(=O)([O-])C(F)(F)F.O=S(=O)([O-])C(F)(F)F.[Os+2]. The third-order valence-electron chi connectivity index (χ3n) is 3.76. The Morgan fingerprint density at radius 1 is 0.886 bits per heavy atom. The molecule has 2 rings (SSSR count). The van der Waals surface area contributed by atoms with Gasteiger partial charge in [0.05, 0.1) is 13.0 Å². The smallest absolute Gasteiger partial charge is 0.741 e. The zero-order valence-electron chi connectivity index (χ0n) is 18.7. The van der Waals surface area contributed by atoms with E-state index in [4.69, 9.17) is 30.7 Å². The van der Waals surface area contributed by atoms with Crippen LogP contribution in [-0.4, -0.2) is 61.1 Å². The summed E-state index contributed by atoms with van der Waals surface area (Å²) in [5.74, 6) is -0.143. The number of alkyl halides is 6. The molecule has 2 bridgehead atoms. The first-order valence-corrected chi connectivity index (χ1v) is 9.92. The fraction of sp³-hybridized carbons (Fsp3) is 0.750. The number of ether oxygens (including phenoxy) is 1. The number of halogens is 6. The Kier molecular flexibility index (Phi) is 23.2. The zero-order chi connectivity index (χ0) is 23.7. The summed E-state index contributed by atoms with van der Waals surface area (Å²) in [5, 5.41) is 3.43. The Hall–Kier alpha value is -0.994. The molecule has 14 nitrogen and oxygen atoms in total. The summed E-state index contributed by atoms with van der Waals surface area (Å²) in [4.78, 5) is 11.5. The molecular weight excluding hydrogens is 725 g/mol. The summed E-state index contributed by atoms with van der Waals surface area (Å²) in [7, 11) is -10.7. The summed E-state index contributed by atoms with van der Waals surface area (Å²) in [6, 6.07) is 0. The summed E-state index contributed by atoms with van der Waals surface area (Å²) >= 11 is 0. The van der Waals surface area contributed by atoms with Crippen LogP contribution in [0.3, 0.4) is 0 Å². The van der Waals surface area contributed by atoms with Crippen LogP contribution in [0.1, 0.15) is 20.3 Å². The molecule has 0 amide bonds. The van der Waals surface area contributed by atoms with E-state index in [2.05, 4.69) is 24.4 Å². The van der Waals surface area contributed by atoms with Crippen molar-refractivity contribution < 1.29 is 81.6 Å². The first kappa shape index (κ1) is 50.8. The van der Waals surface area contributed by atoms with E-state index in [0.717, 1.165) is 6.42 Å². The minimum Gasteiger partial charge on any atom is -0.741 e. The van der Waals surface area contributed by atoms with E-state index in [1.54, 1.807) is 0 Å². The van der Waals surface area contributed by atoms with Gasteiger partial charge in [0, 0.05) is 11.1 Å². The van der Waals surface area contributed by atoms with Crippen molar-refractivity contribution in [1.82, 2.24) is 36.1 Å². The predicted octanol–water partition coefficient (Wildman–Crippen LogP) is 1.77. The van der Waals surface area contributed by atoms with Crippen LogP contribution in [0.15, 0.2) is 12.2 Å². The molecule has 35 heavy (non-hydrogen) atoms. The standard InChI is InChI=1S/C10H15NO2.2CHF3O3S.5H3N.Os/c1-9-4-5-10(2,11-9)7(6-9)8(12)13-3;2*2-1(3,4)8(5,6)7;;;;;;/h4-5,7,11H,6H2,1-3H3;2*(H,5,6,7);5*1H3;/q;;;;;;;;+2/p-2/t7-,9+,10-;;;;;;;;/m1......../s1. The maximum atomic E-state index is 11.5. The molecule has 0 aromatic carbocycles. The van der Waals surface area contributed by atoms with Gasteiger partial charge in [-0.3, -0.25) is 10.1 Å². The van der Waals surface area contributed by atoms with Crippen LogP contribution in [-0.2, 0) is 49.6 Å². The number of carbonyl (C=O) groups excluding carboxylic acids is 1. The predicted molar refractivity (Wildman–Crippen MR) is 106 cm³/mol. The van der Waals surface area contributed by atoms with E-state index < -0.39 is 31.3 Å². The van der Waals surface area contributed by atoms with Crippen molar-refractivity contribution >= 4 is 26.2 Å². The number of hydrogen-bond acceptors (Lipinski definition) is 14. The minimum absolute atomic E-state index is 0. The van der Waals surface area contributed by atoms with Gasteiger partial charge in [-0.05, 0) is 20.3 Å². The van der Waals surface area contributed by atoms with E-state index in [9.17, 15) is 31.1 Å². The van der Waals surface area contributed by atoms with Gasteiger partial charge in [0.25, 0.3) is 0 Å². The van der Waals surface area contributed by atoms with Gasteiger partial charge in [0.15, 0.2) is 20.2 Å². The van der Waals surface area contributed by atoms with Crippen LogP contribution in [0.2, 0.25) is 0 Å². The molecule has 0 saturated carbocycles. The van der Waals surface area contributed by atoms with Gasteiger partial charge in [0.2, 0.25) is 0 Å². The number of carbonyl (C=O) groups is 1. The Morgan fingerprint density at radius 3 is 1.31 bits per heavy atom. The quantitative estimate of drug-likeness (QED) is 0.0731. The molecule has 2 aliphatic heterocycles. The van der Waals surface area contributed by atoms with Crippen LogP contribution in [0.4, 0.5) is 26.3 Å². The Labute approximate surface area is 211 Å². The summed E-state index contributed by atoms with van der Waals surface area (Å²) < 4.78 is 123. The maximum absolute atomic E-state index is 11.5. The third kappa shape index (κ3) is 14.4. The molecule has 23 heteroatoms. The van der Waals surface area contributed by atoms with Gasteiger partial charge in [0.1, 0.15) is 0 Å². The van der Waals surface area contributed by atoms with Crippen molar-refractivity contribution in [2.75, 3.05) is 7.11 Å². The molecule has 0 aliphatic carbocycles. The number of esters is 1. The molecule has 1 fully saturated rings. The number of hydrogen-bond donors (Lipinski definition) is 6. The van der Waals surface area contributed by atoms with Gasteiger partial charge in [-0.15, -0.1) is 0 Å². The van der Waals surface area contributed by atoms with E-state index in [0.29, 0.717) is 0 Å². The van der Waals surface area contributed by atoms with E-state index in [1.807, 2.05) is 6.92 Å². The van der Waals surface area contributed by atoms with E-state index in [-0.39, 0.29) is 73.5 Å². The summed E-state index contributed by atoms with van der Waals surface area (Å²) in [5.41, 5.74) is -11.5. The molecule has 2 heterocycles. The largest absolute Gasteiger partial charge is 2.00 e. The molecule has 218 valence electrons. The third-order valence-corrected chi connectivity index (χ3v) is 4.89. The first-order chi connectivity index (χ1) is 12.5. The van der Waals surface area contributed by atoms with Gasteiger partial charge < -0.3 is 44.6 Å². The maximum Gasteiger partial charge on any atom is 2.00 e. The average Bonchev–Trinajstić information content (AvgIpc) is 2.92. The fourth-order valence-corrected chi connectivity index (χ4v) is 2.48. The van der Waals surface area contributed by atoms with Gasteiger partial charge in [-0.25, -0.2) is 16.8 Å². The second kappa shape index (κ2) is 16.0. The van der Waals surface area contributed by atoms with Crippen molar-refractivity contribution in [3.05, 3.63) is 12.2 Å². The van der Waals surface area contributed by atoms with Crippen LogP contribution in [0.5, 0.6) is 0 Å². The zero-order valence-corrected chi connectivity index (χ0v) is 22.9. The Balaban J connectivity index is -0.0000000647. The molecule has 0 radical (unpaired) electrons. The molecule has 0 aromatic rings. The summed E-state index contributed by atoms with van der Waals surface area (Å²) in [6.45, 7) is 4.15. The molecular formula is C12H30F6N6O8OsS2. The van der Waals surface area contributed by atoms with E-state index in [1.165, 1.54) is 7.11 Å². The Bertz CT molecular complexity index is 832. The summed E-state index contributed by atoms with van der Waals surface area (Å²) in [6.07, 6.45) is 5.07. The number of methoxy groups -OCH3 is 1. The normalized spacial score (nSPS) is 23.8. The monoisotopic (exact) mass is 756 g/mol. The second-order valence-corrected chi connectivity index (χ2v) is 8.98. The molecule has 0 unspecified atom stereocenters. The van der Waals surface area contributed by atoms with Gasteiger partial charge in [-0.2, -0.15) is 26.3 Å². The molecule has 2 aliphatic rings. The first-order valence-electron chi connectivity index (χ1n) is 7.11. The van der Waals surface area contributed by atoms with Crippen molar-refractivity contribution in [2.24, 2.45) is 5.92 Å². The fourth-order valence-electron chi connectivity index (χ4n) is 2.48. The van der Waals surface area contributed by atoms with Crippen LogP contribution in [0.25, 0.3) is 0 Å². The van der Waals surface area contributed by atoms with Crippen LogP contribution >= 0.6 is 0 Å². The van der Waals surface area contributed by atoms with Crippen molar-refractivity contribution in [3.8, 4) is 0 Å². The average molecular weight is 755 g/mol. The number of rotatable bonds is 1. The van der Waals surface area contributed by atoms with Crippen molar-refractivity contribution in [1.29, 1.82) is 0 Å². The second-order valence-electron chi connectivity index (χ2n) is 6.24. The molecule has 0 aromatic heterocycles. The topological polar surface area (TPSA) is 328 Å². The molecule has 16 N–H and O–H groups in total. The number of nitrogens with one attached hydrogen (secondary N) is 1. The van der Waals surface area contributed by atoms with Crippen molar-refractivity contribution in [2.45, 2.75) is 42.4 Å². The van der Waals surface area contributed by atoms with Crippen LogP contribution < -0.4 is 36.1 Å². The van der Waals surface area contributed by atoms with Crippen molar-refractivity contribution in [3.63, 3.8) is 0 Å². The minimum atomic E-state index is -6.09. The molecule has 3 atom stereocenters. The Morgan fingerprint density at radius 2 is 1.17 bits per heavy atom. The van der Waals surface area contributed by atoms with Crippen LogP contribution in [0, 0.1) is 5.92 Å².